The van der Waals surface area contributed by atoms with E-state index in [4.69, 9.17) is 0 Å². The minimum Gasteiger partial charge on any atom is -0.385 e. The molecule has 0 bridgehead atoms. The van der Waals surface area contributed by atoms with Crippen LogP contribution in [0.3, 0.4) is 0 Å². The maximum absolute atomic E-state index is 9.22. The summed E-state index contributed by atoms with van der Waals surface area (Å²) in [4.78, 5) is 7.99. The molecule has 1 N–H and O–H groups in total. The Labute approximate surface area is 79.9 Å². The van der Waals surface area contributed by atoms with Crippen molar-refractivity contribution < 1.29 is 5.11 Å². The van der Waals surface area contributed by atoms with Crippen molar-refractivity contribution in [1.82, 2.24) is 19.6 Å². The third kappa shape index (κ3) is 1.38. The zero-order valence-corrected chi connectivity index (χ0v) is 7.81. The van der Waals surface area contributed by atoms with E-state index < -0.39 is 6.10 Å². The molecule has 0 spiro atoms. The summed E-state index contributed by atoms with van der Waals surface area (Å²) in [5, 5.41) is 13.9. The van der Waals surface area contributed by atoms with E-state index in [0.29, 0.717) is 16.6 Å². The number of rotatable bonds is 1. The zero-order chi connectivity index (χ0) is 9.42. The molecule has 13 heavy (non-hydrogen) atoms. The number of hydrogen-bond donors (Lipinski definition) is 2. The number of fused-ring (bicyclic) bond motifs is 1. The van der Waals surface area contributed by atoms with E-state index in [1.165, 1.54) is 4.52 Å². The fourth-order valence-corrected chi connectivity index (χ4v) is 1.18. The Morgan fingerprint density at radius 2 is 2.38 bits per heavy atom. The van der Waals surface area contributed by atoms with Crippen LogP contribution in [0, 0.1) is 0 Å². The normalized spacial score (nSPS) is 13.5. The summed E-state index contributed by atoms with van der Waals surface area (Å²) < 4.78 is 1.48. The van der Waals surface area contributed by atoms with Crippen molar-refractivity contribution in [1.29, 1.82) is 0 Å². The number of aliphatic hydroxyl groups is 1. The summed E-state index contributed by atoms with van der Waals surface area (Å²) in [6, 6.07) is 1.70. The summed E-state index contributed by atoms with van der Waals surface area (Å²) in [5.41, 5.74) is 0. The van der Waals surface area contributed by atoms with Crippen molar-refractivity contribution in [2.24, 2.45) is 0 Å². The molecule has 0 radical (unpaired) electrons. The fraction of sp³-hybridized carbons (Fsp3) is 0.286. The smallest absolute Gasteiger partial charge is 0.253 e. The van der Waals surface area contributed by atoms with Crippen LogP contribution in [0.1, 0.15) is 18.9 Å². The number of thiol groups is 1. The van der Waals surface area contributed by atoms with E-state index in [1.54, 1.807) is 19.2 Å². The lowest BCUT2D eigenvalue weighted by Crippen LogP contribution is -1.95. The van der Waals surface area contributed by atoms with Crippen LogP contribution >= 0.6 is 12.6 Å². The Hall–Kier alpha value is -1.14. The van der Waals surface area contributed by atoms with Gasteiger partial charge in [0.1, 0.15) is 11.1 Å². The first-order valence-corrected chi connectivity index (χ1v) is 4.22. The Bertz CT molecular complexity index is 439. The molecule has 0 amide bonds. The lowest BCUT2D eigenvalue weighted by molar-refractivity contribution is 0.189. The quantitative estimate of drug-likeness (QED) is 0.514. The number of nitrogens with zero attached hydrogens (tertiary/aromatic N) is 4. The van der Waals surface area contributed by atoms with Gasteiger partial charge in [-0.1, -0.05) is 0 Å². The van der Waals surface area contributed by atoms with Gasteiger partial charge in [0.15, 0.2) is 5.82 Å². The van der Waals surface area contributed by atoms with Crippen molar-refractivity contribution >= 4 is 18.4 Å². The highest BCUT2D eigenvalue weighted by Crippen LogP contribution is 2.10. The predicted octanol–water partition coefficient (Wildman–Crippen LogP) is 0.466. The lowest BCUT2D eigenvalue weighted by Gasteiger charge is -1.93. The molecule has 2 aromatic heterocycles. The van der Waals surface area contributed by atoms with Crippen molar-refractivity contribution in [3.63, 3.8) is 0 Å². The molecule has 0 aliphatic carbocycles. The van der Waals surface area contributed by atoms with Gasteiger partial charge < -0.3 is 5.11 Å². The first-order chi connectivity index (χ1) is 6.18. The van der Waals surface area contributed by atoms with Crippen LogP contribution in [-0.4, -0.2) is 24.7 Å². The molecule has 0 fully saturated rings. The second-order valence-electron chi connectivity index (χ2n) is 2.66. The lowest BCUT2D eigenvalue weighted by atomic mass is 10.4. The van der Waals surface area contributed by atoms with Crippen LogP contribution in [0.25, 0.3) is 5.78 Å². The maximum atomic E-state index is 9.22. The average molecular weight is 196 g/mol. The van der Waals surface area contributed by atoms with Crippen LogP contribution in [-0.2, 0) is 0 Å². The molecule has 68 valence electrons. The Morgan fingerprint density at radius 3 is 3.00 bits per heavy atom. The van der Waals surface area contributed by atoms with Gasteiger partial charge in [0.25, 0.3) is 5.78 Å². The number of aromatic nitrogens is 4. The second-order valence-corrected chi connectivity index (χ2v) is 3.12. The van der Waals surface area contributed by atoms with Gasteiger partial charge in [0.2, 0.25) is 0 Å². The molecule has 0 aromatic carbocycles. The summed E-state index contributed by atoms with van der Waals surface area (Å²) in [6.07, 6.45) is 0.910. The van der Waals surface area contributed by atoms with E-state index in [1.807, 2.05) is 0 Å². The minimum absolute atomic E-state index is 0.356. The van der Waals surface area contributed by atoms with Crippen LogP contribution < -0.4 is 0 Å². The van der Waals surface area contributed by atoms with Crippen LogP contribution in [0.5, 0.6) is 0 Å². The summed E-state index contributed by atoms with van der Waals surface area (Å²) in [7, 11) is 0. The van der Waals surface area contributed by atoms with Crippen LogP contribution in [0.15, 0.2) is 17.3 Å². The van der Waals surface area contributed by atoms with E-state index >= 15 is 0 Å². The predicted molar refractivity (Wildman–Crippen MR) is 48.7 cm³/mol. The molecule has 2 heterocycles. The number of hydrogen-bond acceptors (Lipinski definition) is 5. The van der Waals surface area contributed by atoms with E-state index in [2.05, 4.69) is 27.7 Å². The topological polar surface area (TPSA) is 63.3 Å². The molecule has 1 unspecified atom stereocenters. The van der Waals surface area contributed by atoms with E-state index in [9.17, 15) is 5.11 Å². The first kappa shape index (κ1) is 8.46. The van der Waals surface area contributed by atoms with Gasteiger partial charge in [-0.25, -0.2) is 4.98 Å². The van der Waals surface area contributed by atoms with Gasteiger partial charge in [-0.05, 0) is 13.0 Å². The number of aliphatic hydroxyl groups excluding tert-OH is 1. The summed E-state index contributed by atoms with van der Waals surface area (Å²) >= 11 is 4.17. The molecular formula is C7H8N4OS. The van der Waals surface area contributed by atoms with Gasteiger partial charge in [0.05, 0.1) is 0 Å². The molecule has 0 saturated carbocycles. The minimum atomic E-state index is -0.686. The van der Waals surface area contributed by atoms with Crippen molar-refractivity contribution in [2.45, 2.75) is 18.1 Å². The molecule has 2 aromatic rings. The average Bonchev–Trinajstić information content (AvgIpc) is 2.49. The Balaban J connectivity index is 2.68. The van der Waals surface area contributed by atoms with Gasteiger partial charge in [-0.15, -0.1) is 17.7 Å². The molecule has 0 aliphatic heterocycles. The van der Waals surface area contributed by atoms with Crippen LogP contribution in [0.2, 0.25) is 0 Å². The van der Waals surface area contributed by atoms with E-state index in [0.717, 1.165) is 0 Å². The standard InChI is InChI=1S/C7H8N4OS/c1-4(12)6-9-7-8-3-2-5(13)11(7)10-6/h2-4,12-13H,1H3. The molecular weight excluding hydrogens is 188 g/mol. The van der Waals surface area contributed by atoms with Gasteiger partial charge >= 0.3 is 0 Å². The Morgan fingerprint density at radius 1 is 1.62 bits per heavy atom. The highest BCUT2D eigenvalue weighted by molar-refractivity contribution is 7.80. The summed E-state index contributed by atoms with van der Waals surface area (Å²) in [5.74, 6) is 0.803. The van der Waals surface area contributed by atoms with Gasteiger partial charge in [0, 0.05) is 6.20 Å². The molecule has 5 nitrogen and oxygen atoms in total. The summed E-state index contributed by atoms with van der Waals surface area (Å²) in [6.45, 7) is 1.60. The highest BCUT2D eigenvalue weighted by atomic mass is 32.1. The van der Waals surface area contributed by atoms with Gasteiger partial charge in [-0.2, -0.15) is 9.50 Å². The maximum Gasteiger partial charge on any atom is 0.253 e. The van der Waals surface area contributed by atoms with Crippen molar-refractivity contribution in [2.75, 3.05) is 0 Å². The largest absolute Gasteiger partial charge is 0.385 e. The third-order valence-corrected chi connectivity index (χ3v) is 1.95. The Kier molecular flexibility index (Phi) is 1.93. The first-order valence-electron chi connectivity index (χ1n) is 3.77. The van der Waals surface area contributed by atoms with Gasteiger partial charge in [-0.3, -0.25) is 0 Å². The zero-order valence-electron chi connectivity index (χ0n) is 6.92. The van der Waals surface area contributed by atoms with Crippen molar-refractivity contribution in [3.8, 4) is 0 Å². The monoisotopic (exact) mass is 196 g/mol. The molecule has 1 atom stereocenters. The molecule has 2 rings (SSSR count). The molecule has 6 heteroatoms. The van der Waals surface area contributed by atoms with E-state index in [-0.39, 0.29) is 0 Å². The molecule has 0 aliphatic rings. The second kappa shape index (κ2) is 2.97. The SMILES string of the molecule is CC(O)c1nc2nccc(S)n2n1. The fourth-order valence-electron chi connectivity index (χ4n) is 0.975. The highest BCUT2D eigenvalue weighted by Gasteiger charge is 2.10. The van der Waals surface area contributed by atoms with Crippen LogP contribution in [0.4, 0.5) is 0 Å². The molecule has 0 saturated heterocycles. The third-order valence-electron chi connectivity index (χ3n) is 1.61. The van der Waals surface area contributed by atoms with Crippen molar-refractivity contribution in [3.05, 3.63) is 18.1 Å².